The van der Waals surface area contributed by atoms with Gasteiger partial charge < -0.3 is 18.9 Å². The molecule has 0 heterocycles. The van der Waals surface area contributed by atoms with Gasteiger partial charge in [0.25, 0.3) is 0 Å². The fourth-order valence-electron chi connectivity index (χ4n) is 5.36. The minimum atomic E-state index is -0.472. The van der Waals surface area contributed by atoms with Crippen molar-refractivity contribution < 1.29 is 32.5 Å². The molecule has 0 aromatic heterocycles. The highest BCUT2D eigenvalue weighted by Gasteiger charge is 2.46. The van der Waals surface area contributed by atoms with E-state index in [0.717, 1.165) is 36.0 Å². The third-order valence-electron chi connectivity index (χ3n) is 7.87. The second kappa shape index (κ2) is 12.8. The molecule has 0 unspecified atom stereocenters. The van der Waals surface area contributed by atoms with Crippen molar-refractivity contribution in [3.05, 3.63) is 82.9 Å². The highest BCUT2D eigenvalue weighted by molar-refractivity contribution is 5.71. The number of hydrogen-bond acceptors (Lipinski definition) is 5. The second-order valence-corrected chi connectivity index (χ2v) is 10.8. The molecule has 1 fully saturated rings. The highest BCUT2D eigenvalue weighted by atomic mass is 19.1. The molecule has 1 saturated carbocycles. The Morgan fingerprint density at radius 2 is 1.75 bits per heavy atom. The third-order valence-corrected chi connectivity index (χ3v) is 7.87. The van der Waals surface area contributed by atoms with E-state index in [9.17, 15) is 4.79 Å². The molecule has 0 radical (unpaired) electrons. The summed E-state index contributed by atoms with van der Waals surface area (Å²) < 4.78 is 52.7. The molecular formula is C33H38F2O5. The van der Waals surface area contributed by atoms with Crippen LogP contribution in [0.15, 0.2) is 54.6 Å². The first-order valence-electron chi connectivity index (χ1n) is 13.7. The van der Waals surface area contributed by atoms with Gasteiger partial charge in [-0.1, -0.05) is 44.5 Å². The molecule has 1 aliphatic carbocycles. The number of rotatable bonds is 13. The summed E-state index contributed by atoms with van der Waals surface area (Å²) in [7, 11) is 4.56. The molecule has 7 heteroatoms. The van der Waals surface area contributed by atoms with Crippen molar-refractivity contribution in [3.8, 4) is 22.6 Å². The van der Waals surface area contributed by atoms with Gasteiger partial charge in [0.05, 0.1) is 26.7 Å². The average Bonchev–Trinajstić information content (AvgIpc) is 3.70. The summed E-state index contributed by atoms with van der Waals surface area (Å²) in [5.41, 5.74) is 3.20. The fraction of sp³-hybridized carbons (Fsp3) is 0.424. The van der Waals surface area contributed by atoms with Crippen molar-refractivity contribution in [2.75, 3.05) is 21.3 Å². The van der Waals surface area contributed by atoms with Crippen LogP contribution in [0.4, 0.5) is 8.78 Å². The minimum absolute atomic E-state index is 0.0489. The first-order chi connectivity index (χ1) is 19.2. The molecule has 0 aliphatic heterocycles. The monoisotopic (exact) mass is 552 g/mol. The maximum Gasteiger partial charge on any atom is 0.306 e. The van der Waals surface area contributed by atoms with Crippen molar-refractivity contribution in [3.63, 3.8) is 0 Å². The van der Waals surface area contributed by atoms with E-state index in [4.69, 9.17) is 18.9 Å². The molecule has 40 heavy (non-hydrogen) atoms. The Hall–Kier alpha value is -3.45. The van der Waals surface area contributed by atoms with E-state index >= 15 is 8.78 Å². The highest BCUT2D eigenvalue weighted by Crippen LogP contribution is 2.57. The zero-order chi connectivity index (χ0) is 28.9. The van der Waals surface area contributed by atoms with Crippen LogP contribution in [0, 0.1) is 17.0 Å². The molecule has 0 bridgehead atoms. The van der Waals surface area contributed by atoms with Crippen molar-refractivity contribution in [1.82, 2.24) is 0 Å². The Labute approximate surface area is 235 Å². The quantitative estimate of drug-likeness (QED) is 0.200. The summed E-state index contributed by atoms with van der Waals surface area (Å²) in [5, 5.41) is 0. The van der Waals surface area contributed by atoms with Crippen LogP contribution < -0.4 is 9.47 Å². The zero-order valence-electron chi connectivity index (χ0n) is 23.9. The predicted octanol–water partition coefficient (Wildman–Crippen LogP) is 8.15. The van der Waals surface area contributed by atoms with Crippen LogP contribution in [-0.2, 0) is 20.9 Å². The lowest BCUT2D eigenvalue weighted by atomic mass is 9.87. The topological polar surface area (TPSA) is 54.0 Å². The molecule has 0 spiro atoms. The number of methoxy groups -OCH3 is 3. The van der Waals surface area contributed by atoms with Crippen LogP contribution in [-0.4, -0.2) is 27.3 Å². The Morgan fingerprint density at radius 3 is 2.40 bits per heavy atom. The van der Waals surface area contributed by atoms with E-state index in [1.54, 1.807) is 44.6 Å². The number of hydrogen-bond donors (Lipinski definition) is 0. The van der Waals surface area contributed by atoms with Gasteiger partial charge in [-0.15, -0.1) is 0 Å². The molecule has 1 aliphatic rings. The van der Waals surface area contributed by atoms with Gasteiger partial charge in [0.1, 0.15) is 18.2 Å². The van der Waals surface area contributed by atoms with E-state index in [-0.39, 0.29) is 48.0 Å². The van der Waals surface area contributed by atoms with Crippen LogP contribution in [0.1, 0.15) is 74.7 Å². The molecule has 4 rings (SSSR count). The number of benzene rings is 3. The molecular weight excluding hydrogens is 514 g/mol. The number of halogens is 2. The molecule has 0 amide bonds. The van der Waals surface area contributed by atoms with E-state index in [2.05, 4.69) is 6.92 Å². The lowest BCUT2D eigenvalue weighted by Gasteiger charge is -2.26. The number of esters is 1. The zero-order valence-corrected chi connectivity index (χ0v) is 23.9. The van der Waals surface area contributed by atoms with E-state index in [1.807, 2.05) is 25.1 Å². The predicted molar refractivity (Wildman–Crippen MR) is 150 cm³/mol. The average molecular weight is 553 g/mol. The summed E-state index contributed by atoms with van der Waals surface area (Å²) in [6.45, 7) is 4.27. The minimum Gasteiger partial charge on any atom is -0.497 e. The van der Waals surface area contributed by atoms with Gasteiger partial charge in [-0.3, -0.25) is 4.79 Å². The second-order valence-electron chi connectivity index (χ2n) is 10.8. The summed E-state index contributed by atoms with van der Waals surface area (Å²) >= 11 is 0. The molecule has 214 valence electrons. The van der Waals surface area contributed by atoms with Crippen molar-refractivity contribution >= 4 is 5.97 Å². The summed E-state index contributed by atoms with van der Waals surface area (Å²) in [5.74, 6) is -0.821. The number of carbonyl (C=O) groups is 1. The Balaban J connectivity index is 1.66. The fourth-order valence-corrected chi connectivity index (χ4v) is 5.36. The maximum atomic E-state index is 15.6. The van der Waals surface area contributed by atoms with Crippen LogP contribution in [0.3, 0.4) is 0 Å². The van der Waals surface area contributed by atoms with Crippen molar-refractivity contribution in [1.29, 1.82) is 0 Å². The van der Waals surface area contributed by atoms with E-state index in [0.29, 0.717) is 23.3 Å². The molecule has 3 aromatic rings. The number of carbonyl (C=O) groups excluding carboxylic acids is 1. The normalized spacial score (nSPS) is 15.3. The lowest BCUT2D eigenvalue weighted by molar-refractivity contribution is -0.141. The van der Waals surface area contributed by atoms with Gasteiger partial charge in [0.15, 0.2) is 11.6 Å². The molecule has 2 atom stereocenters. The Bertz CT molecular complexity index is 1330. The Morgan fingerprint density at radius 1 is 0.975 bits per heavy atom. The summed E-state index contributed by atoms with van der Waals surface area (Å²) in [6.07, 6.45) is 3.32. The summed E-state index contributed by atoms with van der Waals surface area (Å²) in [6, 6.07) is 15.4. The van der Waals surface area contributed by atoms with Gasteiger partial charge in [-0.05, 0) is 83.2 Å². The SMILES string of the molecule is CCC[C@@H](CC(=O)OC)c1cccc(OCc2ccc(-c3cc(OC)ccc3F)c([C@H](OC)C3(C)CC3)c2)c1F. The van der Waals surface area contributed by atoms with E-state index < -0.39 is 5.82 Å². The first kappa shape index (κ1) is 29.5. The lowest BCUT2D eigenvalue weighted by Crippen LogP contribution is -2.15. The molecule has 5 nitrogen and oxygen atoms in total. The maximum absolute atomic E-state index is 15.6. The smallest absolute Gasteiger partial charge is 0.306 e. The molecule has 0 N–H and O–H groups in total. The standard InChI is InChI=1S/C33H38F2O5/c1-6-8-22(18-30(36)38-4)24-9-7-10-29(31(24)35)40-20-21-11-13-25(26-19-23(37-3)12-14-28(26)34)27(17-21)32(39-5)33(2)15-16-33/h7,9-14,17,19,22,32H,6,8,15-16,18,20H2,1-5H3/t22-,32-/m0/s1. The summed E-state index contributed by atoms with van der Waals surface area (Å²) in [4.78, 5) is 11.9. The van der Waals surface area contributed by atoms with Gasteiger partial charge in [0, 0.05) is 12.7 Å². The largest absolute Gasteiger partial charge is 0.497 e. The molecule has 0 saturated heterocycles. The first-order valence-corrected chi connectivity index (χ1v) is 13.7. The van der Waals surface area contributed by atoms with Gasteiger partial charge in [0.2, 0.25) is 0 Å². The van der Waals surface area contributed by atoms with Crippen molar-refractivity contribution in [2.24, 2.45) is 5.41 Å². The van der Waals surface area contributed by atoms with Crippen LogP contribution in [0.25, 0.3) is 11.1 Å². The van der Waals surface area contributed by atoms with Gasteiger partial charge >= 0.3 is 5.97 Å². The third kappa shape index (κ3) is 6.47. The van der Waals surface area contributed by atoms with Crippen molar-refractivity contribution in [2.45, 2.75) is 64.6 Å². The Kier molecular flexibility index (Phi) is 9.46. The van der Waals surface area contributed by atoms with Crippen LogP contribution in [0.5, 0.6) is 11.5 Å². The van der Waals surface area contributed by atoms with Gasteiger partial charge in [-0.2, -0.15) is 0 Å². The van der Waals surface area contributed by atoms with Crippen LogP contribution >= 0.6 is 0 Å². The number of ether oxygens (including phenoxy) is 4. The van der Waals surface area contributed by atoms with Gasteiger partial charge in [-0.25, -0.2) is 8.78 Å². The molecule has 3 aromatic carbocycles. The van der Waals surface area contributed by atoms with E-state index in [1.165, 1.54) is 13.2 Å². The van der Waals surface area contributed by atoms with Crippen LogP contribution in [0.2, 0.25) is 0 Å².